The number of hydrogen-bond acceptors (Lipinski definition) is 5. The molecule has 0 saturated carbocycles. The van der Waals surface area contributed by atoms with Crippen LogP contribution in [0.5, 0.6) is 0 Å². The van der Waals surface area contributed by atoms with Crippen LogP contribution in [-0.2, 0) is 11.3 Å². The summed E-state index contributed by atoms with van der Waals surface area (Å²) in [6.07, 6.45) is 1.90. The third-order valence-corrected chi connectivity index (χ3v) is 6.09. The lowest BCUT2D eigenvalue weighted by atomic mass is 9.96. The highest BCUT2D eigenvalue weighted by Crippen LogP contribution is 2.27. The molecule has 27 heavy (non-hydrogen) atoms. The number of hydrogen-bond donors (Lipinski definition) is 2. The molecule has 1 aromatic carbocycles. The van der Waals surface area contributed by atoms with E-state index in [9.17, 15) is 4.79 Å². The maximum atomic E-state index is 12.5. The predicted molar refractivity (Wildman–Crippen MR) is 109 cm³/mol. The van der Waals surface area contributed by atoms with E-state index in [1.165, 1.54) is 11.8 Å². The van der Waals surface area contributed by atoms with E-state index in [1.54, 1.807) is 0 Å². The maximum absolute atomic E-state index is 12.5. The van der Waals surface area contributed by atoms with Gasteiger partial charge in [0.2, 0.25) is 11.1 Å². The van der Waals surface area contributed by atoms with Gasteiger partial charge < -0.3 is 5.32 Å². The van der Waals surface area contributed by atoms with Crippen LogP contribution in [0.4, 0.5) is 0 Å². The van der Waals surface area contributed by atoms with Crippen molar-refractivity contribution in [1.82, 2.24) is 25.4 Å². The summed E-state index contributed by atoms with van der Waals surface area (Å²) in [6.45, 7) is 4.81. The zero-order valence-electron chi connectivity index (χ0n) is 15.2. The van der Waals surface area contributed by atoms with Crippen LogP contribution in [0.15, 0.2) is 23.4 Å². The zero-order valence-corrected chi connectivity index (χ0v) is 17.5. The molecule has 1 saturated heterocycles. The van der Waals surface area contributed by atoms with Crippen LogP contribution in [-0.4, -0.2) is 51.4 Å². The Morgan fingerprint density at radius 3 is 2.89 bits per heavy atom. The van der Waals surface area contributed by atoms with Crippen molar-refractivity contribution in [3.05, 3.63) is 39.6 Å². The van der Waals surface area contributed by atoms with Gasteiger partial charge in [-0.3, -0.25) is 14.8 Å². The van der Waals surface area contributed by atoms with Gasteiger partial charge in [-0.05, 0) is 38.4 Å². The molecule has 6 nitrogen and oxygen atoms in total. The molecule has 2 aromatic rings. The Hall–Kier alpha value is -1.28. The number of halogens is 2. The molecule has 1 fully saturated rings. The number of rotatable bonds is 7. The van der Waals surface area contributed by atoms with Crippen molar-refractivity contribution < 1.29 is 4.79 Å². The fraction of sp³-hybridized carbons (Fsp3) is 0.500. The molecule has 0 spiro atoms. The van der Waals surface area contributed by atoms with Gasteiger partial charge in [-0.1, -0.05) is 41.0 Å². The first-order valence-corrected chi connectivity index (χ1v) is 10.7. The van der Waals surface area contributed by atoms with E-state index in [2.05, 4.69) is 25.4 Å². The molecule has 146 valence electrons. The number of carbonyl (C=O) groups excluding carboxylic acids is 1. The van der Waals surface area contributed by atoms with Crippen LogP contribution >= 0.6 is 35.0 Å². The number of H-pyrrole nitrogens is 1. The molecule has 1 amide bonds. The fourth-order valence-corrected chi connectivity index (χ4v) is 4.38. The highest BCUT2D eigenvalue weighted by atomic mass is 35.5. The van der Waals surface area contributed by atoms with Crippen molar-refractivity contribution in [2.45, 2.75) is 31.5 Å². The number of aromatic nitrogens is 3. The van der Waals surface area contributed by atoms with E-state index >= 15 is 0 Å². The Labute approximate surface area is 173 Å². The molecule has 0 unspecified atom stereocenters. The normalized spacial score (nSPS) is 17.8. The van der Waals surface area contributed by atoms with Gasteiger partial charge in [-0.25, -0.2) is 4.98 Å². The molecule has 2 heterocycles. The molecule has 3 rings (SSSR count). The number of nitrogens with one attached hydrogen (secondary N) is 2. The largest absolute Gasteiger partial charge is 0.355 e. The summed E-state index contributed by atoms with van der Waals surface area (Å²) >= 11 is 14.1. The highest BCUT2D eigenvalue weighted by Gasteiger charge is 2.26. The summed E-state index contributed by atoms with van der Waals surface area (Å²) < 4.78 is 0. The van der Waals surface area contributed by atoms with Gasteiger partial charge in [0.1, 0.15) is 5.82 Å². The third kappa shape index (κ3) is 5.85. The standard InChI is InChI=1S/C18H23Cl2N5OS/c1-12-22-18(24-23-12)27-9-7-21-17(26)13-4-3-8-25(10-13)11-14-15(19)5-2-6-16(14)20/h2,5-6,13H,3-4,7-11H2,1H3,(H,21,26)(H,22,23,24)/t13-/m1/s1. The molecule has 0 bridgehead atoms. The number of nitrogens with zero attached hydrogens (tertiary/aromatic N) is 3. The van der Waals surface area contributed by atoms with Gasteiger partial charge in [-0.2, -0.15) is 0 Å². The van der Waals surface area contributed by atoms with E-state index in [0.29, 0.717) is 28.3 Å². The molecule has 1 aliphatic rings. The average Bonchev–Trinajstić information content (AvgIpc) is 3.07. The van der Waals surface area contributed by atoms with Crippen molar-refractivity contribution in [3.63, 3.8) is 0 Å². The molecular weight excluding hydrogens is 405 g/mol. The van der Waals surface area contributed by atoms with Crippen LogP contribution in [0.1, 0.15) is 24.2 Å². The number of carbonyl (C=O) groups is 1. The summed E-state index contributed by atoms with van der Waals surface area (Å²) in [5.41, 5.74) is 0.931. The molecule has 0 aliphatic carbocycles. The minimum atomic E-state index is -0.00392. The van der Waals surface area contributed by atoms with E-state index < -0.39 is 0 Å². The van der Waals surface area contributed by atoms with Crippen LogP contribution in [0.25, 0.3) is 0 Å². The lowest BCUT2D eigenvalue weighted by molar-refractivity contribution is -0.126. The summed E-state index contributed by atoms with van der Waals surface area (Å²) in [6, 6.07) is 5.55. The first kappa shape index (κ1) is 20.5. The predicted octanol–water partition coefficient (Wildman–Crippen LogP) is 3.54. The van der Waals surface area contributed by atoms with Crippen LogP contribution in [0, 0.1) is 12.8 Å². The van der Waals surface area contributed by atoms with Gasteiger partial charge in [0.05, 0.1) is 5.92 Å². The number of likely N-dealkylation sites (tertiary alicyclic amines) is 1. The van der Waals surface area contributed by atoms with Gasteiger partial charge in [-0.15, -0.1) is 5.10 Å². The number of amides is 1. The summed E-state index contributed by atoms with van der Waals surface area (Å²) in [7, 11) is 0. The Kier molecular flexibility index (Phi) is 7.41. The first-order chi connectivity index (χ1) is 13.0. The van der Waals surface area contributed by atoms with E-state index in [4.69, 9.17) is 23.2 Å². The number of piperidine rings is 1. The Balaban J connectivity index is 1.45. The topological polar surface area (TPSA) is 73.9 Å². The van der Waals surface area contributed by atoms with Crippen LogP contribution in [0.3, 0.4) is 0 Å². The van der Waals surface area contributed by atoms with Crippen molar-refractivity contribution in [2.75, 3.05) is 25.4 Å². The van der Waals surface area contributed by atoms with Crippen LogP contribution in [0.2, 0.25) is 10.0 Å². The monoisotopic (exact) mass is 427 g/mol. The second kappa shape index (κ2) is 9.78. The quantitative estimate of drug-likeness (QED) is 0.521. The van der Waals surface area contributed by atoms with Gasteiger partial charge >= 0.3 is 0 Å². The molecular formula is C18H23Cl2N5OS. The molecule has 1 atom stereocenters. The second-order valence-corrected chi connectivity index (χ2v) is 8.49. The van der Waals surface area contributed by atoms with Crippen molar-refractivity contribution in [3.8, 4) is 0 Å². The minimum Gasteiger partial charge on any atom is -0.355 e. The lowest BCUT2D eigenvalue weighted by Gasteiger charge is -2.32. The maximum Gasteiger partial charge on any atom is 0.224 e. The van der Waals surface area contributed by atoms with Gasteiger partial charge in [0, 0.05) is 41.0 Å². The number of thioether (sulfide) groups is 1. The van der Waals surface area contributed by atoms with E-state index in [-0.39, 0.29) is 11.8 Å². The number of aromatic amines is 1. The number of aryl methyl sites for hydroxylation is 1. The first-order valence-electron chi connectivity index (χ1n) is 8.97. The number of benzene rings is 1. The van der Waals surface area contributed by atoms with E-state index in [0.717, 1.165) is 43.1 Å². The Bertz CT molecular complexity index is 765. The summed E-state index contributed by atoms with van der Waals surface area (Å²) in [5, 5.41) is 12.0. The zero-order chi connectivity index (χ0) is 19.2. The molecule has 1 aromatic heterocycles. The molecule has 2 N–H and O–H groups in total. The smallest absolute Gasteiger partial charge is 0.224 e. The van der Waals surface area contributed by atoms with Crippen molar-refractivity contribution in [1.29, 1.82) is 0 Å². The van der Waals surface area contributed by atoms with Gasteiger partial charge in [0.15, 0.2) is 0 Å². The summed E-state index contributed by atoms with van der Waals surface area (Å²) in [5.74, 6) is 1.64. The summed E-state index contributed by atoms with van der Waals surface area (Å²) in [4.78, 5) is 19.0. The molecule has 0 radical (unpaired) electrons. The average molecular weight is 428 g/mol. The minimum absolute atomic E-state index is 0.00392. The molecule has 9 heteroatoms. The fourth-order valence-electron chi connectivity index (χ4n) is 3.17. The van der Waals surface area contributed by atoms with Gasteiger partial charge in [0.25, 0.3) is 0 Å². The Morgan fingerprint density at radius 2 is 2.19 bits per heavy atom. The third-order valence-electron chi connectivity index (χ3n) is 4.53. The van der Waals surface area contributed by atoms with Crippen LogP contribution < -0.4 is 5.32 Å². The SMILES string of the molecule is Cc1nc(SCCNC(=O)[C@@H]2CCCN(Cc3c(Cl)cccc3Cl)C2)n[nH]1. The second-order valence-electron chi connectivity index (χ2n) is 6.62. The van der Waals surface area contributed by atoms with Crippen molar-refractivity contribution in [2.24, 2.45) is 5.92 Å². The lowest BCUT2D eigenvalue weighted by Crippen LogP contribution is -2.43. The molecule has 1 aliphatic heterocycles. The Morgan fingerprint density at radius 1 is 1.41 bits per heavy atom. The van der Waals surface area contributed by atoms with Crippen molar-refractivity contribution >= 4 is 40.9 Å². The highest BCUT2D eigenvalue weighted by molar-refractivity contribution is 7.99. The van der Waals surface area contributed by atoms with E-state index in [1.807, 2.05) is 25.1 Å².